The summed E-state index contributed by atoms with van der Waals surface area (Å²) in [5.74, 6) is -0.439. The van der Waals surface area contributed by atoms with E-state index >= 15 is 0 Å². The number of thiophene rings is 1. The molecule has 0 aliphatic rings. The van der Waals surface area contributed by atoms with Gasteiger partial charge < -0.3 is 4.74 Å². The number of rotatable bonds is 6. The minimum atomic E-state index is -0.439. The van der Waals surface area contributed by atoms with Crippen LogP contribution < -0.4 is 0 Å². The molecule has 23 heavy (non-hydrogen) atoms. The molecule has 3 aromatic rings. The van der Waals surface area contributed by atoms with Gasteiger partial charge in [0, 0.05) is 0 Å². The van der Waals surface area contributed by atoms with Crippen molar-refractivity contribution in [2.45, 2.75) is 22.7 Å². The molecule has 0 atom stereocenters. The summed E-state index contributed by atoms with van der Waals surface area (Å²) in [6.45, 7) is 2.65. The van der Waals surface area contributed by atoms with E-state index < -0.39 is 5.97 Å². The lowest BCUT2D eigenvalue weighted by Gasteiger charge is -2.06. The number of carbonyl (C=O) groups is 1. The van der Waals surface area contributed by atoms with Crippen LogP contribution in [0.15, 0.2) is 57.1 Å². The SMILES string of the molecule is CCOC(=O)c1nnn(Cc2ccccc2)c1Sc1cccs1. The van der Waals surface area contributed by atoms with E-state index in [1.807, 2.05) is 47.8 Å². The molecule has 7 heteroatoms. The molecule has 1 aromatic carbocycles. The largest absolute Gasteiger partial charge is 0.461 e. The van der Waals surface area contributed by atoms with Gasteiger partial charge in [-0.15, -0.1) is 16.4 Å². The van der Waals surface area contributed by atoms with E-state index in [-0.39, 0.29) is 5.69 Å². The van der Waals surface area contributed by atoms with Gasteiger partial charge in [0.25, 0.3) is 0 Å². The fourth-order valence-corrected chi connectivity index (χ4v) is 3.82. The molecule has 0 amide bonds. The predicted molar refractivity (Wildman–Crippen MR) is 90.0 cm³/mol. The fourth-order valence-electron chi connectivity index (χ4n) is 2.01. The molecular formula is C16H15N3O2S2. The molecule has 0 N–H and O–H groups in total. The van der Waals surface area contributed by atoms with Crippen LogP contribution in [0.4, 0.5) is 0 Å². The number of carbonyl (C=O) groups excluding carboxylic acids is 1. The Bertz CT molecular complexity index is 770. The molecule has 0 aliphatic heterocycles. The zero-order valence-corrected chi connectivity index (χ0v) is 14.1. The summed E-state index contributed by atoms with van der Waals surface area (Å²) in [7, 11) is 0. The molecular weight excluding hydrogens is 330 g/mol. The lowest BCUT2D eigenvalue weighted by molar-refractivity contribution is 0.0515. The smallest absolute Gasteiger partial charge is 0.361 e. The van der Waals surface area contributed by atoms with E-state index in [1.54, 1.807) is 22.9 Å². The predicted octanol–water partition coefficient (Wildman–Crippen LogP) is 3.72. The molecule has 2 heterocycles. The third-order valence-corrected chi connectivity index (χ3v) is 5.16. The normalized spacial score (nSPS) is 10.7. The van der Waals surface area contributed by atoms with Gasteiger partial charge in [0.2, 0.25) is 5.69 Å². The van der Waals surface area contributed by atoms with E-state index in [9.17, 15) is 4.79 Å². The first-order chi connectivity index (χ1) is 11.3. The third-order valence-electron chi connectivity index (χ3n) is 3.03. The van der Waals surface area contributed by atoms with Crippen molar-refractivity contribution in [3.05, 3.63) is 59.1 Å². The van der Waals surface area contributed by atoms with Gasteiger partial charge in [-0.3, -0.25) is 0 Å². The average Bonchev–Trinajstić information content (AvgIpc) is 3.20. The molecule has 0 saturated carbocycles. The quantitative estimate of drug-likeness (QED) is 0.637. The zero-order chi connectivity index (χ0) is 16.1. The van der Waals surface area contributed by atoms with Crippen LogP contribution in [-0.4, -0.2) is 27.6 Å². The Morgan fingerprint density at radius 3 is 2.78 bits per heavy atom. The van der Waals surface area contributed by atoms with E-state index in [4.69, 9.17) is 4.74 Å². The highest BCUT2D eigenvalue weighted by Crippen LogP contribution is 2.33. The first-order valence-electron chi connectivity index (χ1n) is 7.14. The molecule has 0 saturated heterocycles. The topological polar surface area (TPSA) is 57.0 Å². The second kappa shape index (κ2) is 7.43. The van der Waals surface area contributed by atoms with E-state index in [0.717, 1.165) is 9.77 Å². The minimum Gasteiger partial charge on any atom is -0.461 e. The maximum Gasteiger partial charge on any atom is 0.361 e. The Kier molecular flexibility index (Phi) is 5.09. The Balaban J connectivity index is 1.93. The number of nitrogens with zero attached hydrogens (tertiary/aromatic N) is 3. The highest BCUT2D eigenvalue weighted by molar-refractivity contribution is 8.01. The molecule has 0 spiro atoms. The van der Waals surface area contributed by atoms with Crippen LogP contribution >= 0.6 is 23.1 Å². The molecule has 2 aromatic heterocycles. The summed E-state index contributed by atoms with van der Waals surface area (Å²) in [4.78, 5) is 12.1. The number of hydrogen-bond acceptors (Lipinski definition) is 6. The summed E-state index contributed by atoms with van der Waals surface area (Å²) in [5.41, 5.74) is 1.36. The molecule has 5 nitrogen and oxygen atoms in total. The van der Waals surface area contributed by atoms with Gasteiger partial charge >= 0.3 is 5.97 Å². The maximum atomic E-state index is 12.1. The number of ether oxygens (including phenoxy) is 1. The molecule has 0 fully saturated rings. The minimum absolute atomic E-state index is 0.265. The second-order valence-electron chi connectivity index (χ2n) is 4.64. The van der Waals surface area contributed by atoms with E-state index in [1.165, 1.54) is 11.8 Å². The molecule has 0 unspecified atom stereocenters. The molecule has 3 rings (SSSR count). The Hall–Kier alpha value is -2.12. The summed E-state index contributed by atoms with van der Waals surface area (Å²) < 4.78 is 7.90. The van der Waals surface area contributed by atoms with Gasteiger partial charge in [-0.25, -0.2) is 9.48 Å². The fraction of sp³-hybridized carbons (Fsp3) is 0.188. The Labute approximate surface area is 142 Å². The summed E-state index contributed by atoms with van der Waals surface area (Å²) >= 11 is 3.10. The Morgan fingerprint density at radius 1 is 1.26 bits per heavy atom. The van der Waals surface area contributed by atoms with Crippen LogP contribution in [0.1, 0.15) is 23.0 Å². The van der Waals surface area contributed by atoms with Crippen LogP contribution in [0.25, 0.3) is 0 Å². The van der Waals surface area contributed by atoms with Gasteiger partial charge in [0.05, 0.1) is 17.4 Å². The van der Waals surface area contributed by atoms with Crippen molar-refractivity contribution in [2.24, 2.45) is 0 Å². The number of benzene rings is 1. The first kappa shape index (κ1) is 15.8. The number of esters is 1. The van der Waals surface area contributed by atoms with Gasteiger partial charge in [-0.05, 0) is 23.9 Å². The average molecular weight is 345 g/mol. The molecule has 0 radical (unpaired) electrons. The van der Waals surface area contributed by atoms with Crippen LogP contribution in [0.2, 0.25) is 0 Å². The van der Waals surface area contributed by atoms with Crippen LogP contribution in [0, 0.1) is 0 Å². The van der Waals surface area contributed by atoms with Crippen molar-refractivity contribution in [2.75, 3.05) is 6.61 Å². The van der Waals surface area contributed by atoms with Crippen molar-refractivity contribution in [3.8, 4) is 0 Å². The lowest BCUT2D eigenvalue weighted by atomic mass is 10.2. The van der Waals surface area contributed by atoms with Gasteiger partial charge in [0.15, 0.2) is 0 Å². The van der Waals surface area contributed by atoms with Crippen LogP contribution in [0.5, 0.6) is 0 Å². The van der Waals surface area contributed by atoms with Crippen LogP contribution in [-0.2, 0) is 11.3 Å². The summed E-state index contributed by atoms with van der Waals surface area (Å²) in [6, 6.07) is 13.9. The highest BCUT2D eigenvalue weighted by atomic mass is 32.2. The van der Waals surface area contributed by atoms with Crippen LogP contribution in [0.3, 0.4) is 0 Å². The zero-order valence-electron chi connectivity index (χ0n) is 12.5. The molecule has 0 bridgehead atoms. The number of aromatic nitrogens is 3. The van der Waals surface area contributed by atoms with Gasteiger partial charge in [-0.1, -0.05) is 53.4 Å². The molecule has 0 aliphatic carbocycles. The molecule has 118 valence electrons. The van der Waals surface area contributed by atoms with Crippen molar-refractivity contribution >= 4 is 29.1 Å². The summed E-state index contributed by atoms with van der Waals surface area (Å²) in [5, 5.41) is 10.9. The Morgan fingerprint density at radius 2 is 2.09 bits per heavy atom. The lowest BCUT2D eigenvalue weighted by Crippen LogP contribution is -2.08. The highest BCUT2D eigenvalue weighted by Gasteiger charge is 2.22. The van der Waals surface area contributed by atoms with Crippen molar-refractivity contribution in [1.82, 2.24) is 15.0 Å². The summed E-state index contributed by atoms with van der Waals surface area (Å²) in [6.07, 6.45) is 0. The van der Waals surface area contributed by atoms with Crippen molar-refractivity contribution in [1.29, 1.82) is 0 Å². The first-order valence-corrected chi connectivity index (χ1v) is 8.83. The third kappa shape index (κ3) is 3.80. The monoisotopic (exact) mass is 345 g/mol. The second-order valence-corrected chi connectivity index (χ2v) is 6.88. The van der Waals surface area contributed by atoms with E-state index in [0.29, 0.717) is 18.2 Å². The van der Waals surface area contributed by atoms with Crippen molar-refractivity contribution in [3.63, 3.8) is 0 Å². The van der Waals surface area contributed by atoms with Gasteiger partial charge in [-0.2, -0.15) is 0 Å². The maximum absolute atomic E-state index is 12.1. The van der Waals surface area contributed by atoms with Gasteiger partial charge in [0.1, 0.15) is 5.03 Å². The standard InChI is InChI=1S/C16H15N3O2S2/c1-2-21-16(20)14-15(23-13-9-6-10-22-13)19(18-17-14)11-12-7-4-3-5-8-12/h3-10H,2,11H2,1H3. The van der Waals surface area contributed by atoms with Crippen molar-refractivity contribution < 1.29 is 9.53 Å². The number of hydrogen-bond donors (Lipinski definition) is 0. The van der Waals surface area contributed by atoms with E-state index in [2.05, 4.69) is 10.3 Å².